The van der Waals surface area contributed by atoms with Crippen molar-refractivity contribution in [3.05, 3.63) is 0 Å². The fourth-order valence-corrected chi connectivity index (χ4v) is 3.40. The highest BCUT2D eigenvalue weighted by molar-refractivity contribution is 5.72. The molecule has 0 bridgehead atoms. The van der Waals surface area contributed by atoms with Crippen LogP contribution >= 0.6 is 0 Å². The van der Waals surface area contributed by atoms with Crippen LogP contribution in [-0.2, 0) is 19.1 Å². The molecule has 0 N–H and O–H groups in total. The van der Waals surface area contributed by atoms with Crippen LogP contribution in [0.4, 0.5) is 0 Å². The van der Waals surface area contributed by atoms with Gasteiger partial charge >= 0.3 is 11.9 Å². The summed E-state index contributed by atoms with van der Waals surface area (Å²) < 4.78 is 10.6. The molecule has 0 aromatic rings. The predicted molar refractivity (Wildman–Crippen MR) is 116 cm³/mol. The third-order valence-electron chi connectivity index (χ3n) is 4.91. The van der Waals surface area contributed by atoms with Gasteiger partial charge in [-0.3, -0.25) is 9.59 Å². The van der Waals surface area contributed by atoms with Crippen LogP contribution in [0.1, 0.15) is 124 Å². The van der Waals surface area contributed by atoms with Gasteiger partial charge < -0.3 is 9.47 Å². The van der Waals surface area contributed by atoms with E-state index >= 15 is 0 Å². The van der Waals surface area contributed by atoms with Crippen molar-refractivity contribution in [3.63, 3.8) is 0 Å². The molecule has 1 unspecified atom stereocenters. The van der Waals surface area contributed by atoms with E-state index in [9.17, 15) is 9.59 Å². The quantitative estimate of drug-likeness (QED) is 0.174. The monoisotopic (exact) mass is 398 g/mol. The third-order valence-corrected chi connectivity index (χ3v) is 4.91. The molecule has 0 aliphatic rings. The second-order valence-electron chi connectivity index (χ2n) is 8.54. The minimum atomic E-state index is -0.216. The average Bonchev–Trinajstić information content (AvgIpc) is 2.61. The van der Waals surface area contributed by atoms with Crippen molar-refractivity contribution >= 4 is 11.9 Å². The van der Waals surface area contributed by atoms with Crippen molar-refractivity contribution < 1.29 is 19.1 Å². The van der Waals surface area contributed by atoms with E-state index in [0.717, 1.165) is 19.3 Å². The molecule has 0 spiro atoms. The van der Waals surface area contributed by atoms with Gasteiger partial charge in [-0.05, 0) is 32.1 Å². The fourth-order valence-electron chi connectivity index (χ4n) is 3.40. The van der Waals surface area contributed by atoms with Crippen LogP contribution in [0.2, 0.25) is 0 Å². The van der Waals surface area contributed by atoms with E-state index in [4.69, 9.17) is 9.47 Å². The van der Waals surface area contributed by atoms with Crippen LogP contribution in [0.3, 0.4) is 0 Å². The molecule has 4 heteroatoms. The van der Waals surface area contributed by atoms with Crippen LogP contribution < -0.4 is 0 Å². The summed E-state index contributed by atoms with van der Waals surface area (Å²) in [5, 5.41) is 0. The summed E-state index contributed by atoms with van der Waals surface area (Å²) in [6.07, 6.45) is 16.0. The first-order valence-corrected chi connectivity index (χ1v) is 11.8. The molecule has 4 nitrogen and oxygen atoms in total. The summed E-state index contributed by atoms with van der Waals surface area (Å²) in [5.74, 6) is 0.0924. The van der Waals surface area contributed by atoms with E-state index in [-0.39, 0.29) is 24.5 Å². The number of carbonyl (C=O) groups is 2. The Morgan fingerprint density at radius 1 is 0.679 bits per heavy atom. The number of ether oxygens (including phenoxy) is 2. The van der Waals surface area contributed by atoms with E-state index in [1.165, 1.54) is 57.8 Å². The molecule has 0 rings (SSSR count). The van der Waals surface area contributed by atoms with Gasteiger partial charge in [-0.15, -0.1) is 0 Å². The van der Waals surface area contributed by atoms with Crippen molar-refractivity contribution in [2.24, 2.45) is 5.92 Å². The largest absolute Gasteiger partial charge is 0.466 e. The zero-order chi connectivity index (χ0) is 21.0. The highest BCUT2D eigenvalue weighted by Crippen LogP contribution is 2.12. The first-order valence-electron chi connectivity index (χ1n) is 11.8. The maximum atomic E-state index is 11.7. The average molecular weight is 399 g/mol. The smallest absolute Gasteiger partial charge is 0.306 e. The number of hydrogen-bond acceptors (Lipinski definition) is 4. The molecule has 0 aliphatic carbocycles. The summed E-state index contributed by atoms with van der Waals surface area (Å²) in [6.45, 7) is 8.89. The number of esters is 2. The maximum Gasteiger partial charge on any atom is 0.306 e. The lowest BCUT2D eigenvalue weighted by Gasteiger charge is -2.15. The van der Waals surface area contributed by atoms with E-state index in [1.54, 1.807) is 0 Å². The van der Waals surface area contributed by atoms with Crippen LogP contribution in [-0.4, -0.2) is 24.6 Å². The number of unbranched alkanes of at least 4 members (excludes halogenated alkanes) is 10. The van der Waals surface area contributed by atoms with Crippen LogP contribution in [0, 0.1) is 5.92 Å². The minimum absolute atomic E-state index is 0.0551. The van der Waals surface area contributed by atoms with Crippen molar-refractivity contribution in [2.45, 2.75) is 130 Å². The van der Waals surface area contributed by atoms with Crippen LogP contribution in [0.25, 0.3) is 0 Å². The Balaban J connectivity index is 3.38. The Kier molecular flexibility index (Phi) is 18.5. The van der Waals surface area contributed by atoms with Crippen molar-refractivity contribution in [2.75, 3.05) is 6.61 Å². The van der Waals surface area contributed by atoms with Crippen molar-refractivity contribution in [1.82, 2.24) is 0 Å². The summed E-state index contributed by atoms with van der Waals surface area (Å²) in [5.41, 5.74) is 0. The second-order valence-corrected chi connectivity index (χ2v) is 8.54. The molecule has 0 radical (unpaired) electrons. The number of rotatable bonds is 19. The number of hydrogen-bond donors (Lipinski definition) is 0. The standard InChI is InChI=1S/C24H46O4/c1-5-6-7-8-9-10-11-12-13-14-15-19-27-23(25)17-16-18-24(26)28-22(4)20-21(2)3/h21-22H,5-20H2,1-4H3. The van der Waals surface area contributed by atoms with Crippen molar-refractivity contribution in [1.29, 1.82) is 0 Å². The zero-order valence-electron chi connectivity index (χ0n) is 19.1. The van der Waals surface area contributed by atoms with E-state index in [2.05, 4.69) is 20.8 Å². The summed E-state index contributed by atoms with van der Waals surface area (Å²) in [7, 11) is 0. The lowest BCUT2D eigenvalue weighted by atomic mass is 10.1. The molecule has 1 atom stereocenters. The molecule has 0 amide bonds. The Bertz CT molecular complexity index is 379. The topological polar surface area (TPSA) is 52.6 Å². The Hall–Kier alpha value is -1.06. The molecule has 0 aliphatic heterocycles. The van der Waals surface area contributed by atoms with Crippen LogP contribution in [0.15, 0.2) is 0 Å². The Labute approximate surface area is 174 Å². The molecule has 0 aromatic heterocycles. The van der Waals surface area contributed by atoms with Gasteiger partial charge in [0.1, 0.15) is 0 Å². The summed E-state index contributed by atoms with van der Waals surface area (Å²) in [6, 6.07) is 0. The van der Waals surface area contributed by atoms with Gasteiger partial charge in [-0.2, -0.15) is 0 Å². The van der Waals surface area contributed by atoms with Gasteiger partial charge in [0.2, 0.25) is 0 Å². The summed E-state index contributed by atoms with van der Waals surface area (Å²) >= 11 is 0. The van der Waals surface area contributed by atoms with Crippen LogP contribution in [0.5, 0.6) is 0 Å². The second kappa shape index (κ2) is 19.3. The van der Waals surface area contributed by atoms with E-state index in [0.29, 0.717) is 25.4 Å². The predicted octanol–water partition coefficient (Wildman–Crippen LogP) is 6.99. The summed E-state index contributed by atoms with van der Waals surface area (Å²) in [4.78, 5) is 23.4. The minimum Gasteiger partial charge on any atom is -0.466 e. The van der Waals surface area contributed by atoms with Gasteiger partial charge in [0, 0.05) is 12.8 Å². The molecule has 0 saturated carbocycles. The molecule has 0 aromatic carbocycles. The van der Waals surface area contributed by atoms with Crippen molar-refractivity contribution in [3.8, 4) is 0 Å². The third kappa shape index (κ3) is 19.7. The Morgan fingerprint density at radius 3 is 1.71 bits per heavy atom. The highest BCUT2D eigenvalue weighted by Gasteiger charge is 2.12. The van der Waals surface area contributed by atoms with E-state index in [1.807, 2.05) is 6.92 Å². The molecular weight excluding hydrogens is 352 g/mol. The zero-order valence-corrected chi connectivity index (χ0v) is 19.1. The highest BCUT2D eigenvalue weighted by atomic mass is 16.5. The van der Waals surface area contributed by atoms with Gasteiger partial charge in [0.25, 0.3) is 0 Å². The normalized spacial score (nSPS) is 12.2. The Morgan fingerprint density at radius 2 is 1.18 bits per heavy atom. The first-order chi connectivity index (χ1) is 13.5. The SMILES string of the molecule is CCCCCCCCCCCCCOC(=O)CCCC(=O)OC(C)CC(C)C. The van der Waals surface area contributed by atoms with Gasteiger partial charge in [0.15, 0.2) is 0 Å². The van der Waals surface area contributed by atoms with Gasteiger partial charge in [0.05, 0.1) is 12.7 Å². The number of carbonyl (C=O) groups excluding carboxylic acids is 2. The first kappa shape index (κ1) is 26.9. The lowest BCUT2D eigenvalue weighted by molar-refractivity contribution is -0.149. The molecule has 0 saturated heterocycles. The van der Waals surface area contributed by atoms with Gasteiger partial charge in [-0.25, -0.2) is 0 Å². The van der Waals surface area contributed by atoms with Gasteiger partial charge in [-0.1, -0.05) is 85.0 Å². The molecule has 166 valence electrons. The molecular formula is C24H46O4. The molecule has 0 heterocycles. The fraction of sp³-hybridized carbons (Fsp3) is 0.917. The maximum absolute atomic E-state index is 11.7. The van der Waals surface area contributed by atoms with E-state index < -0.39 is 0 Å². The lowest BCUT2D eigenvalue weighted by Crippen LogP contribution is -2.17. The molecule has 0 fully saturated rings. The molecule has 28 heavy (non-hydrogen) atoms.